The molecule has 2 fully saturated rings. The van der Waals surface area contributed by atoms with Crippen molar-refractivity contribution in [1.29, 1.82) is 0 Å². The summed E-state index contributed by atoms with van der Waals surface area (Å²) in [5.74, 6) is 1.42. The van der Waals surface area contributed by atoms with E-state index in [9.17, 15) is 4.79 Å². The number of rotatable bonds is 8. The Balaban J connectivity index is 1.24. The molecule has 0 radical (unpaired) electrons. The number of nitrogens with zero attached hydrogens (tertiary/aromatic N) is 4. The van der Waals surface area contributed by atoms with Crippen LogP contribution in [0.3, 0.4) is 0 Å². The standard InChI is InChI=1S/C32H37N5O2/c1-39-29-14-8-7-13-27(29)28-21-24-22-34-32(35-30(24)37(31(28)38)26-11-5-6-12-26)36-19-16-25(17-20-36)33-18-15-23-9-3-2-4-10-23/h2-4,7-10,13-14,21-22,25-26,33H,5-6,11-12,15-20H2,1H3. The van der Waals surface area contributed by atoms with Gasteiger partial charge in [-0.25, -0.2) is 4.98 Å². The third-order valence-corrected chi connectivity index (χ3v) is 8.31. The lowest BCUT2D eigenvalue weighted by atomic mass is 10.0. The molecule has 3 heterocycles. The summed E-state index contributed by atoms with van der Waals surface area (Å²) in [6.07, 6.45) is 9.33. The highest BCUT2D eigenvalue weighted by Gasteiger charge is 2.26. The summed E-state index contributed by atoms with van der Waals surface area (Å²) in [4.78, 5) is 26.1. The number of hydrogen-bond donors (Lipinski definition) is 1. The lowest BCUT2D eigenvalue weighted by molar-refractivity contribution is 0.414. The summed E-state index contributed by atoms with van der Waals surface area (Å²) >= 11 is 0. The lowest BCUT2D eigenvalue weighted by Gasteiger charge is -2.32. The second kappa shape index (κ2) is 11.6. The number of ether oxygens (including phenoxy) is 1. The van der Waals surface area contributed by atoms with Gasteiger partial charge >= 0.3 is 0 Å². The van der Waals surface area contributed by atoms with Crippen molar-refractivity contribution in [2.45, 2.75) is 57.0 Å². The molecule has 7 nitrogen and oxygen atoms in total. The van der Waals surface area contributed by atoms with Gasteiger partial charge in [0, 0.05) is 42.3 Å². The van der Waals surface area contributed by atoms with Gasteiger partial charge in [0.1, 0.15) is 11.4 Å². The predicted molar refractivity (Wildman–Crippen MR) is 157 cm³/mol. The third kappa shape index (κ3) is 5.41. The number of piperidine rings is 1. The van der Waals surface area contributed by atoms with Gasteiger partial charge in [0.05, 0.1) is 12.7 Å². The number of aromatic nitrogens is 3. The van der Waals surface area contributed by atoms with Crippen LogP contribution in [0, 0.1) is 0 Å². The lowest BCUT2D eigenvalue weighted by Crippen LogP contribution is -2.43. The molecule has 2 aromatic carbocycles. The summed E-state index contributed by atoms with van der Waals surface area (Å²) < 4.78 is 7.55. The van der Waals surface area contributed by atoms with Crippen molar-refractivity contribution in [2.24, 2.45) is 0 Å². The number of methoxy groups -OCH3 is 1. The molecule has 1 saturated heterocycles. The van der Waals surface area contributed by atoms with Gasteiger partial charge in [-0.3, -0.25) is 9.36 Å². The molecule has 1 saturated carbocycles. The Morgan fingerprint density at radius 3 is 2.46 bits per heavy atom. The van der Waals surface area contributed by atoms with Gasteiger partial charge in [-0.1, -0.05) is 61.4 Å². The van der Waals surface area contributed by atoms with Gasteiger partial charge in [0.25, 0.3) is 5.56 Å². The Morgan fingerprint density at radius 2 is 1.69 bits per heavy atom. The monoisotopic (exact) mass is 523 g/mol. The van der Waals surface area contributed by atoms with Crippen LogP contribution in [0.5, 0.6) is 5.75 Å². The van der Waals surface area contributed by atoms with Crippen molar-refractivity contribution < 1.29 is 4.74 Å². The molecule has 1 aliphatic heterocycles. The van der Waals surface area contributed by atoms with Gasteiger partial charge < -0.3 is 15.0 Å². The van der Waals surface area contributed by atoms with Crippen LogP contribution in [-0.2, 0) is 6.42 Å². The number of benzene rings is 2. The third-order valence-electron chi connectivity index (χ3n) is 8.31. The molecule has 0 amide bonds. The number of pyridine rings is 1. The van der Waals surface area contributed by atoms with E-state index in [1.54, 1.807) is 7.11 Å². The maximum absolute atomic E-state index is 14.0. The van der Waals surface area contributed by atoms with Crippen molar-refractivity contribution in [3.8, 4) is 16.9 Å². The van der Waals surface area contributed by atoms with Crippen LogP contribution in [0.2, 0.25) is 0 Å². The molecule has 7 heteroatoms. The molecule has 0 unspecified atom stereocenters. The molecule has 0 spiro atoms. The normalized spacial score (nSPS) is 16.7. The van der Waals surface area contributed by atoms with E-state index in [-0.39, 0.29) is 11.6 Å². The van der Waals surface area contributed by atoms with Crippen molar-refractivity contribution in [1.82, 2.24) is 19.9 Å². The first-order valence-electron chi connectivity index (χ1n) is 14.3. The maximum atomic E-state index is 14.0. The zero-order chi connectivity index (χ0) is 26.6. The van der Waals surface area contributed by atoms with Crippen molar-refractivity contribution in [3.63, 3.8) is 0 Å². The highest BCUT2D eigenvalue weighted by molar-refractivity contribution is 5.83. The van der Waals surface area contributed by atoms with E-state index in [0.717, 1.165) is 87.1 Å². The van der Waals surface area contributed by atoms with Crippen molar-refractivity contribution in [2.75, 3.05) is 31.6 Å². The van der Waals surface area contributed by atoms with E-state index in [1.807, 2.05) is 41.1 Å². The molecule has 202 valence electrons. The molecule has 1 N–H and O–H groups in total. The zero-order valence-electron chi connectivity index (χ0n) is 22.7. The van der Waals surface area contributed by atoms with E-state index < -0.39 is 0 Å². The van der Waals surface area contributed by atoms with Gasteiger partial charge in [-0.15, -0.1) is 0 Å². The van der Waals surface area contributed by atoms with Crippen LogP contribution in [0.15, 0.2) is 71.7 Å². The first kappa shape index (κ1) is 25.6. The van der Waals surface area contributed by atoms with Crippen LogP contribution in [0.1, 0.15) is 50.1 Å². The number of para-hydroxylation sites is 1. The van der Waals surface area contributed by atoms with Crippen LogP contribution in [-0.4, -0.2) is 47.3 Å². The molecule has 2 aromatic heterocycles. The summed E-state index contributed by atoms with van der Waals surface area (Å²) in [7, 11) is 1.65. The van der Waals surface area contributed by atoms with E-state index >= 15 is 0 Å². The topological polar surface area (TPSA) is 72.3 Å². The summed E-state index contributed by atoms with van der Waals surface area (Å²) in [6.45, 7) is 2.80. The maximum Gasteiger partial charge on any atom is 0.260 e. The Morgan fingerprint density at radius 1 is 0.949 bits per heavy atom. The van der Waals surface area contributed by atoms with Gasteiger partial charge in [-0.05, 0) is 56.3 Å². The Bertz CT molecular complexity index is 1470. The van der Waals surface area contributed by atoms with E-state index in [4.69, 9.17) is 14.7 Å². The molecule has 4 aromatic rings. The second-order valence-electron chi connectivity index (χ2n) is 10.8. The Kier molecular flexibility index (Phi) is 7.59. The van der Waals surface area contributed by atoms with Crippen LogP contribution >= 0.6 is 0 Å². The molecular weight excluding hydrogens is 486 g/mol. The average Bonchev–Trinajstić information content (AvgIpc) is 3.52. The van der Waals surface area contributed by atoms with Gasteiger partial charge in [0.15, 0.2) is 0 Å². The second-order valence-corrected chi connectivity index (χ2v) is 10.8. The molecule has 2 aliphatic rings. The first-order chi connectivity index (χ1) is 19.2. The summed E-state index contributed by atoms with van der Waals surface area (Å²) in [5, 5.41) is 4.63. The number of fused-ring (bicyclic) bond motifs is 1. The largest absolute Gasteiger partial charge is 0.496 e. The molecular formula is C32H37N5O2. The highest BCUT2D eigenvalue weighted by atomic mass is 16.5. The van der Waals surface area contributed by atoms with Crippen LogP contribution in [0.4, 0.5) is 5.95 Å². The predicted octanol–water partition coefficient (Wildman–Crippen LogP) is 5.38. The fourth-order valence-corrected chi connectivity index (χ4v) is 6.17. The van der Waals surface area contributed by atoms with Gasteiger partial charge in [0.2, 0.25) is 5.95 Å². The minimum absolute atomic E-state index is 0.00451. The van der Waals surface area contributed by atoms with Gasteiger partial charge in [-0.2, -0.15) is 4.98 Å². The SMILES string of the molecule is COc1ccccc1-c1cc2cnc(N3CCC(NCCc4ccccc4)CC3)nc2n(C2CCCC2)c1=O. The van der Waals surface area contributed by atoms with E-state index in [2.05, 4.69) is 40.5 Å². The molecule has 39 heavy (non-hydrogen) atoms. The molecule has 6 rings (SSSR count). The highest BCUT2D eigenvalue weighted by Crippen LogP contribution is 2.34. The first-order valence-corrected chi connectivity index (χ1v) is 14.3. The summed E-state index contributed by atoms with van der Waals surface area (Å²) in [5.41, 5.74) is 3.58. The fraction of sp³-hybridized carbons (Fsp3) is 0.406. The van der Waals surface area contributed by atoms with Crippen molar-refractivity contribution >= 4 is 17.0 Å². The zero-order valence-corrected chi connectivity index (χ0v) is 22.7. The van der Waals surface area contributed by atoms with Crippen LogP contribution in [0.25, 0.3) is 22.2 Å². The smallest absolute Gasteiger partial charge is 0.260 e. The minimum atomic E-state index is 0.00451. The molecule has 1 aliphatic carbocycles. The summed E-state index contributed by atoms with van der Waals surface area (Å²) in [6, 6.07) is 21.0. The number of anilines is 1. The fourth-order valence-electron chi connectivity index (χ4n) is 6.17. The minimum Gasteiger partial charge on any atom is -0.496 e. The Labute approximate surface area is 229 Å². The van der Waals surface area contributed by atoms with Crippen LogP contribution < -0.4 is 20.5 Å². The van der Waals surface area contributed by atoms with E-state index in [1.165, 1.54) is 5.56 Å². The number of hydrogen-bond acceptors (Lipinski definition) is 6. The number of nitrogens with one attached hydrogen (secondary N) is 1. The Hall–Kier alpha value is -3.71. The van der Waals surface area contributed by atoms with Crippen molar-refractivity contribution in [3.05, 3.63) is 82.8 Å². The quantitative estimate of drug-likeness (QED) is 0.334. The average molecular weight is 524 g/mol. The molecule has 0 bridgehead atoms. The van der Waals surface area contributed by atoms with E-state index in [0.29, 0.717) is 17.4 Å². The molecule has 0 atom stereocenters.